The van der Waals surface area contributed by atoms with Crippen molar-refractivity contribution in [2.24, 2.45) is 0 Å². The van der Waals surface area contributed by atoms with Gasteiger partial charge >= 0.3 is 0 Å². The van der Waals surface area contributed by atoms with Crippen molar-refractivity contribution in [3.05, 3.63) is 84.2 Å². The average Bonchev–Trinajstić information content (AvgIpc) is 2.69. The van der Waals surface area contributed by atoms with Crippen molar-refractivity contribution in [2.75, 3.05) is 16.9 Å². The van der Waals surface area contributed by atoms with Crippen molar-refractivity contribution in [3.8, 4) is 0 Å². The van der Waals surface area contributed by atoms with Crippen LogP contribution in [0.15, 0.2) is 78.0 Å². The van der Waals surface area contributed by atoms with Gasteiger partial charge in [0, 0.05) is 28.5 Å². The molecule has 0 spiro atoms. The van der Waals surface area contributed by atoms with Gasteiger partial charge in [-0.15, -0.1) is 11.8 Å². The fraction of sp³-hybridized carbons (Fsp3) is 0.0500. The second kappa shape index (κ2) is 8.31. The summed E-state index contributed by atoms with van der Waals surface area (Å²) in [5, 5.41) is 5.68. The average molecular weight is 363 g/mol. The van der Waals surface area contributed by atoms with E-state index < -0.39 is 0 Å². The number of nitrogens with zero attached hydrogens (tertiary/aromatic N) is 1. The van der Waals surface area contributed by atoms with Gasteiger partial charge in [-0.05, 0) is 48.7 Å². The second-order valence-corrected chi connectivity index (χ2v) is 6.28. The van der Waals surface area contributed by atoms with Gasteiger partial charge < -0.3 is 10.6 Å². The monoisotopic (exact) mass is 363 g/mol. The van der Waals surface area contributed by atoms with Crippen molar-refractivity contribution < 1.29 is 9.59 Å². The van der Waals surface area contributed by atoms with E-state index in [2.05, 4.69) is 15.6 Å². The molecule has 0 saturated carbocycles. The summed E-state index contributed by atoms with van der Waals surface area (Å²) in [6, 6.07) is 17.8. The third kappa shape index (κ3) is 4.29. The Labute approximate surface area is 155 Å². The number of amides is 2. The topological polar surface area (TPSA) is 71.1 Å². The van der Waals surface area contributed by atoms with E-state index in [1.807, 2.05) is 30.5 Å². The molecule has 3 rings (SSSR count). The van der Waals surface area contributed by atoms with Crippen LogP contribution in [0.1, 0.15) is 20.7 Å². The number of rotatable bonds is 5. The van der Waals surface area contributed by atoms with Crippen molar-refractivity contribution in [1.29, 1.82) is 0 Å². The molecule has 2 N–H and O–H groups in total. The van der Waals surface area contributed by atoms with Crippen molar-refractivity contribution >= 4 is 35.0 Å². The SMILES string of the molecule is CSc1ccccc1NC(=O)c1cccc(NC(=O)c2cccnc2)c1. The number of nitrogens with one attached hydrogen (secondary N) is 2. The summed E-state index contributed by atoms with van der Waals surface area (Å²) in [7, 11) is 0. The fourth-order valence-corrected chi connectivity index (χ4v) is 2.93. The number of carbonyl (C=O) groups excluding carboxylic acids is 2. The van der Waals surface area contributed by atoms with Crippen LogP contribution in [0.3, 0.4) is 0 Å². The van der Waals surface area contributed by atoms with Gasteiger partial charge in [0.05, 0.1) is 11.3 Å². The number of hydrogen-bond acceptors (Lipinski definition) is 4. The summed E-state index contributed by atoms with van der Waals surface area (Å²) >= 11 is 1.56. The molecule has 0 aliphatic rings. The molecule has 0 aliphatic heterocycles. The first-order valence-corrected chi connectivity index (χ1v) is 9.15. The molecule has 5 nitrogen and oxygen atoms in total. The number of anilines is 2. The molecule has 0 unspecified atom stereocenters. The van der Waals surface area contributed by atoms with E-state index in [1.165, 1.54) is 6.20 Å². The maximum atomic E-state index is 12.5. The summed E-state index contributed by atoms with van der Waals surface area (Å²) in [4.78, 5) is 29.7. The normalized spacial score (nSPS) is 10.2. The number of thioether (sulfide) groups is 1. The molecule has 0 bridgehead atoms. The van der Waals surface area contributed by atoms with Crippen LogP contribution in [0.4, 0.5) is 11.4 Å². The molecular formula is C20H17N3O2S. The van der Waals surface area contributed by atoms with E-state index in [4.69, 9.17) is 0 Å². The Morgan fingerprint density at radius 1 is 0.885 bits per heavy atom. The Kier molecular flexibility index (Phi) is 5.66. The zero-order chi connectivity index (χ0) is 18.4. The molecular weight excluding hydrogens is 346 g/mol. The highest BCUT2D eigenvalue weighted by Gasteiger charge is 2.11. The Morgan fingerprint density at radius 2 is 1.65 bits per heavy atom. The minimum Gasteiger partial charge on any atom is -0.322 e. The summed E-state index contributed by atoms with van der Waals surface area (Å²) in [6.45, 7) is 0. The Hall–Kier alpha value is -3.12. The van der Waals surface area contributed by atoms with Crippen molar-refractivity contribution in [1.82, 2.24) is 4.98 Å². The lowest BCUT2D eigenvalue weighted by molar-refractivity contribution is 0.101. The van der Waals surface area contributed by atoms with E-state index in [0.717, 1.165) is 10.6 Å². The van der Waals surface area contributed by atoms with Gasteiger partial charge in [-0.1, -0.05) is 18.2 Å². The van der Waals surface area contributed by atoms with Crippen LogP contribution in [0.5, 0.6) is 0 Å². The lowest BCUT2D eigenvalue weighted by Crippen LogP contribution is -2.15. The van der Waals surface area contributed by atoms with E-state index >= 15 is 0 Å². The Balaban J connectivity index is 1.74. The third-order valence-corrected chi connectivity index (χ3v) is 4.46. The predicted octanol–water partition coefficient (Wildman–Crippen LogP) is 4.31. The molecule has 1 heterocycles. The Bertz CT molecular complexity index is 929. The zero-order valence-corrected chi connectivity index (χ0v) is 14.9. The number of aromatic nitrogens is 1. The second-order valence-electron chi connectivity index (χ2n) is 5.43. The van der Waals surface area contributed by atoms with Gasteiger partial charge in [-0.2, -0.15) is 0 Å². The summed E-state index contributed by atoms with van der Waals surface area (Å²) in [6.07, 6.45) is 5.05. The van der Waals surface area contributed by atoms with Gasteiger partial charge in [0.15, 0.2) is 0 Å². The molecule has 26 heavy (non-hydrogen) atoms. The number of carbonyl (C=O) groups is 2. The van der Waals surface area contributed by atoms with Crippen LogP contribution < -0.4 is 10.6 Å². The maximum Gasteiger partial charge on any atom is 0.257 e. The minimum absolute atomic E-state index is 0.232. The van der Waals surface area contributed by atoms with Crippen LogP contribution in [-0.2, 0) is 0 Å². The van der Waals surface area contributed by atoms with Gasteiger partial charge in [0.2, 0.25) is 0 Å². The van der Waals surface area contributed by atoms with Crippen molar-refractivity contribution in [3.63, 3.8) is 0 Å². The molecule has 0 aliphatic carbocycles. The van der Waals surface area contributed by atoms with Gasteiger partial charge in [-0.25, -0.2) is 0 Å². The lowest BCUT2D eigenvalue weighted by atomic mass is 10.1. The lowest BCUT2D eigenvalue weighted by Gasteiger charge is -2.10. The maximum absolute atomic E-state index is 12.5. The van der Waals surface area contributed by atoms with Crippen molar-refractivity contribution in [2.45, 2.75) is 4.90 Å². The molecule has 2 amide bonds. The van der Waals surface area contributed by atoms with Gasteiger partial charge in [-0.3, -0.25) is 14.6 Å². The number of pyridine rings is 1. The highest BCUT2D eigenvalue weighted by molar-refractivity contribution is 7.98. The van der Waals surface area contributed by atoms with Crippen LogP contribution in [-0.4, -0.2) is 23.1 Å². The van der Waals surface area contributed by atoms with E-state index in [1.54, 1.807) is 54.4 Å². The highest BCUT2D eigenvalue weighted by atomic mass is 32.2. The number of hydrogen-bond donors (Lipinski definition) is 2. The molecule has 3 aromatic rings. The van der Waals surface area contributed by atoms with Gasteiger partial charge in [0.1, 0.15) is 0 Å². The quantitative estimate of drug-likeness (QED) is 0.663. The first-order chi connectivity index (χ1) is 12.7. The summed E-state index contributed by atoms with van der Waals surface area (Å²) < 4.78 is 0. The Morgan fingerprint density at radius 3 is 2.42 bits per heavy atom. The van der Waals surface area contributed by atoms with Gasteiger partial charge in [0.25, 0.3) is 11.8 Å². The number of benzene rings is 2. The molecule has 130 valence electrons. The smallest absolute Gasteiger partial charge is 0.257 e. The predicted molar refractivity (Wildman–Crippen MR) is 105 cm³/mol. The first kappa shape index (κ1) is 17.7. The van der Waals surface area contributed by atoms with E-state index in [-0.39, 0.29) is 11.8 Å². The molecule has 0 atom stereocenters. The molecule has 0 fully saturated rings. The zero-order valence-electron chi connectivity index (χ0n) is 14.1. The molecule has 2 aromatic carbocycles. The molecule has 6 heteroatoms. The molecule has 1 aromatic heterocycles. The number of para-hydroxylation sites is 1. The summed E-state index contributed by atoms with van der Waals surface area (Å²) in [5.74, 6) is -0.507. The fourth-order valence-electron chi connectivity index (χ4n) is 2.38. The summed E-state index contributed by atoms with van der Waals surface area (Å²) in [5.41, 5.74) is 2.22. The van der Waals surface area contributed by atoms with Crippen LogP contribution in [0.2, 0.25) is 0 Å². The molecule has 0 saturated heterocycles. The van der Waals surface area contributed by atoms with E-state index in [0.29, 0.717) is 16.8 Å². The van der Waals surface area contributed by atoms with Crippen LogP contribution >= 0.6 is 11.8 Å². The third-order valence-electron chi connectivity index (χ3n) is 3.66. The van der Waals surface area contributed by atoms with Crippen LogP contribution in [0, 0.1) is 0 Å². The van der Waals surface area contributed by atoms with Crippen LogP contribution in [0.25, 0.3) is 0 Å². The van der Waals surface area contributed by atoms with E-state index in [9.17, 15) is 9.59 Å². The standard InChI is InChI=1S/C20H17N3O2S/c1-26-18-10-3-2-9-17(18)23-19(24)14-6-4-8-16(12-14)22-20(25)15-7-5-11-21-13-15/h2-13H,1H3,(H,22,25)(H,23,24). The minimum atomic E-state index is -0.275. The first-order valence-electron chi connectivity index (χ1n) is 7.93. The molecule has 0 radical (unpaired) electrons. The highest BCUT2D eigenvalue weighted by Crippen LogP contribution is 2.25. The largest absolute Gasteiger partial charge is 0.322 e.